The summed E-state index contributed by atoms with van der Waals surface area (Å²) >= 11 is 0. The van der Waals surface area contributed by atoms with Crippen LogP contribution >= 0.6 is 0 Å². The molecule has 116 valence electrons. The molecule has 0 saturated carbocycles. The molecule has 2 aromatic rings. The molecule has 2 atom stereocenters. The molecule has 2 aliphatic heterocycles. The van der Waals surface area contributed by atoms with E-state index in [1.807, 2.05) is 6.08 Å². The summed E-state index contributed by atoms with van der Waals surface area (Å²) in [6, 6.07) is 15.1. The first-order valence-corrected chi connectivity index (χ1v) is 8.07. The van der Waals surface area contributed by atoms with E-state index in [2.05, 4.69) is 77.8 Å². The Morgan fingerprint density at radius 3 is 2.87 bits per heavy atom. The second-order valence-corrected chi connectivity index (χ2v) is 6.48. The molecule has 2 aliphatic rings. The third-order valence-electron chi connectivity index (χ3n) is 4.77. The summed E-state index contributed by atoms with van der Waals surface area (Å²) in [5.41, 5.74) is 5.96. The van der Waals surface area contributed by atoms with Crippen LogP contribution in [0, 0.1) is 6.92 Å². The minimum atomic E-state index is -0.160. The number of benzene rings is 2. The van der Waals surface area contributed by atoms with Crippen LogP contribution in [0.1, 0.15) is 22.3 Å². The fourth-order valence-electron chi connectivity index (χ4n) is 3.47. The number of hydrogen-bond acceptors (Lipinski definition) is 3. The first-order chi connectivity index (χ1) is 11.2. The van der Waals surface area contributed by atoms with Gasteiger partial charge in [-0.2, -0.15) is 0 Å². The standard InChI is InChI=1S/C20H21N3/c1-3-15-5-7-16(8-6-15)11-19-22-13-20(23-19)12-21-18-9-4-14(2)10-17(18)20/h3-10,12,19,22-23H,1,11,13H2,2H3/t19-,20?/m1/s1. The van der Waals surface area contributed by atoms with E-state index in [-0.39, 0.29) is 11.7 Å². The number of nitrogens with one attached hydrogen (secondary N) is 2. The van der Waals surface area contributed by atoms with Crippen molar-refractivity contribution in [2.45, 2.75) is 25.0 Å². The van der Waals surface area contributed by atoms with Crippen molar-refractivity contribution < 1.29 is 0 Å². The highest BCUT2D eigenvalue weighted by Gasteiger charge is 2.42. The highest BCUT2D eigenvalue weighted by atomic mass is 15.3. The maximum Gasteiger partial charge on any atom is 0.0953 e. The Kier molecular flexibility index (Phi) is 3.40. The van der Waals surface area contributed by atoms with Gasteiger partial charge in [0.05, 0.1) is 17.4 Å². The molecule has 0 radical (unpaired) electrons. The van der Waals surface area contributed by atoms with Crippen molar-refractivity contribution >= 4 is 18.0 Å². The topological polar surface area (TPSA) is 36.4 Å². The second-order valence-electron chi connectivity index (χ2n) is 6.48. The molecule has 1 saturated heterocycles. The fourth-order valence-corrected chi connectivity index (χ4v) is 3.47. The number of nitrogens with zero attached hydrogens (tertiary/aromatic N) is 1. The number of aliphatic imine (C=N–C) groups is 1. The molecule has 2 heterocycles. The van der Waals surface area contributed by atoms with Gasteiger partial charge in [0.25, 0.3) is 0 Å². The van der Waals surface area contributed by atoms with Crippen LogP contribution in [0.25, 0.3) is 6.08 Å². The van der Waals surface area contributed by atoms with Crippen LogP contribution in [0.3, 0.4) is 0 Å². The Balaban J connectivity index is 1.53. The van der Waals surface area contributed by atoms with E-state index < -0.39 is 0 Å². The van der Waals surface area contributed by atoms with Gasteiger partial charge in [-0.3, -0.25) is 15.6 Å². The van der Waals surface area contributed by atoms with Crippen molar-refractivity contribution in [2.24, 2.45) is 4.99 Å². The Morgan fingerprint density at radius 2 is 2.09 bits per heavy atom. The largest absolute Gasteiger partial charge is 0.299 e. The van der Waals surface area contributed by atoms with E-state index in [1.165, 1.54) is 16.7 Å². The zero-order chi connectivity index (χ0) is 15.9. The molecule has 1 fully saturated rings. The lowest BCUT2D eigenvalue weighted by molar-refractivity contribution is 0.494. The summed E-state index contributed by atoms with van der Waals surface area (Å²) in [6.45, 7) is 6.81. The van der Waals surface area contributed by atoms with Gasteiger partial charge < -0.3 is 0 Å². The first kappa shape index (κ1) is 14.4. The summed E-state index contributed by atoms with van der Waals surface area (Å²) in [5, 5.41) is 7.35. The molecule has 1 unspecified atom stereocenters. The number of aryl methyl sites for hydroxylation is 1. The van der Waals surface area contributed by atoms with Crippen molar-refractivity contribution in [2.75, 3.05) is 6.54 Å². The SMILES string of the molecule is C=Cc1ccc(C[C@@H]2NCC3(C=Nc4ccc(C)cc43)N2)cc1. The van der Waals surface area contributed by atoms with E-state index in [4.69, 9.17) is 0 Å². The van der Waals surface area contributed by atoms with E-state index in [9.17, 15) is 0 Å². The van der Waals surface area contributed by atoms with E-state index in [0.717, 1.165) is 24.2 Å². The smallest absolute Gasteiger partial charge is 0.0953 e. The van der Waals surface area contributed by atoms with E-state index in [1.54, 1.807) is 0 Å². The molecule has 3 nitrogen and oxygen atoms in total. The number of fused-ring (bicyclic) bond motifs is 2. The third-order valence-corrected chi connectivity index (χ3v) is 4.77. The molecule has 0 aromatic heterocycles. The minimum Gasteiger partial charge on any atom is -0.299 e. The Morgan fingerprint density at radius 1 is 1.26 bits per heavy atom. The summed E-state index contributed by atoms with van der Waals surface area (Å²) in [5.74, 6) is 0. The Hall–Kier alpha value is -2.23. The monoisotopic (exact) mass is 303 g/mol. The number of hydrogen-bond donors (Lipinski definition) is 2. The lowest BCUT2D eigenvalue weighted by Gasteiger charge is -2.23. The van der Waals surface area contributed by atoms with Crippen LogP contribution in [0.4, 0.5) is 5.69 Å². The van der Waals surface area contributed by atoms with Crippen LogP contribution in [-0.2, 0) is 12.0 Å². The lowest BCUT2D eigenvalue weighted by Crippen LogP contribution is -2.43. The van der Waals surface area contributed by atoms with Crippen molar-refractivity contribution in [3.8, 4) is 0 Å². The number of rotatable bonds is 3. The van der Waals surface area contributed by atoms with E-state index in [0.29, 0.717) is 0 Å². The molecule has 4 rings (SSSR count). The molecule has 23 heavy (non-hydrogen) atoms. The predicted octanol–water partition coefficient (Wildman–Crippen LogP) is 3.31. The normalized spacial score (nSPS) is 25.0. The van der Waals surface area contributed by atoms with Gasteiger partial charge in [0, 0.05) is 24.7 Å². The molecule has 1 spiro atoms. The molecule has 2 N–H and O–H groups in total. The summed E-state index contributed by atoms with van der Waals surface area (Å²) in [7, 11) is 0. The molecular weight excluding hydrogens is 282 g/mol. The molecule has 2 aromatic carbocycles. The van der Waals surface area contributed by atoms with Crippen LogP contribution in [-0.4, -0.2) is 18.9 Å². The zero-order valence-corrected chi connectivity index (χ0v) is 13.3. The average molecular weight is 303 g/mol. The fraction of sp³-hybridized carbons (Fsp3) is 0.250. The van der Waals surface area contributed by atoms with Gasteiger partial charge in [-0.1, -0.05) is 54.6 Å². The first-order valence-electron chi connectivity index (χ1n) is 8.07. The van der Waals surface area contributed by atoms with Gasteiger partial charge in [0.2, 0.25) is 0 Å². The molecule has 0 bridgehead atoms. The van der Waals surface area contributed by atoms with Crippen molar-refractivity contribution in [1.29, 1.82) is 0 Å². The Labute approximate surface area is 137 Å². The van der Waals surface area contributed by atoms with Crippen LogP contribution < -0.4 is 10.6 Å². The summed E-state index contributed by atoms with van der Waals surface area (Å²) in [4.78, 5) is 4.60. The van der Waals surface area contributed by atoms with Gasteiger partial charge in [-0.05, 0) is 24.1 Å². The van der Waals surface area contributed by atoms with Gasteiger partial charge in [0.15, 0.2) is 0 Å². The van der Waals surface area contributed by atoms with Crippen molar-refractivity contribution in [3.05, 3.63) is 71.3 Å². The zero-order valence-electron chi connectivity index (χ0n) is 13.3. The summed E-state index contributed by atoms with van der Waals surface area (Å²) in [6.07, 6.45) is 5.14. The van der Waals surface area contributed by atoms with Gasteiger partial charge >= 0.3 is 0 Å². The predicted molar refractivity (Wildman–Crippen MR) is 96.2 cm³/mol. The average Bonchev–Trinajstić information content (AvgIpc) is 3.13. The molecule has 0 amide bonds. The molecule has 3 heteroatoms. The van der Waals surface area contributed by atoms with Crippen molar-refractivity contribution in [1.82, 2.24) is 10.6 Å². The maximum absolute atomic E-state index is 4.60. The maximum atomic E-state index is 4.60. The quantitative estimate of drug-likeness (QED) is 0.912. The second kappa shape index (κ2) is 5.44. The van der Waals surface area contributed by atoms with Crippen LogP contribution in [0.15, 0.2) is 54.0 Å². The van der Waals surface area contributed by atoms with Gasteiger partial charge in [-0.15, -0.1) is 0 Å². The molecular formula is C20H21N3. The van der Waals surface area contributed by atoms with Crippen molar-refractivity contribution in [3.63, 3.8) is 0 Å². The Bertz CT molecular complexity index is 776. The van der Waals surface area contributed by atoms with Gasteiger partial charge in [0.1, 0.15) is 0 Å². The summed E-state index contributed by atoms with van der Waals surface area (Å²) < 4.78 is 0. The van der Waals surface area contributed by atoms with E-state index >= 15 is 0 Å². The van der Waals surface area contributed by atoms with Gasteiger partial charge in [-0.25, -0.2) is 0 Å². The lowest BCUT2D eigenvalue weighted by atomic mass is 9.92. The minimum absolute atomic E-state index is 0.160. The van der Waals surface area contributed by atoms with Crippen LogP contribution in [0.5, 0.6) is 0 Å². The third kappa shape index (κ3) is 2.52. The van der Waals surface area contributed by atoms with Crippen LogP contribution in [0.2, 0.25) is 0 Å². The molecule has 0 aliphatic carbocycles. The highest BCUT2D eigenvalue weighted by Crippen LogP contribution is 2.37. The highest BCUT2D eigenvalue weighted by molar-refractivity contribution is 5.85.